The molecule has 0 spiro atoms. The third kappa shape index (κ3) is 2.52. The molecule has 1 aliphatic heterocycles. The van der Waals surface area contributed by atoms with Crippen molar-refractivity contribution in [1.82, 2.24) is 4.90 Å². The molecule has 4 heteroatoms. The second-order valence-corrected chi connectivity index (χ2v) is 8.32. The highest BCUT2D eigenvalue weighted by Gasteiger charge is 2.43. The van der Waals surface area contributed by atoms with Crippen molar-refractivity contribution >= 4 is 21.4 Å². The van der Waals surface area contributed by atoms with Crippen LogP contribution in [-0.2, 0) is 10.3 Å². The minimum atomic E-state index is -0.877. The van der Waals surface area contributed by atoms with Crippen LogP contribution in [0.4, 0.5) is 0 Å². The van der Waals surface area contributed by atoms with Crippen molar-refractivity contribution in [2.75, 3.05) is 32.8 Å². The lowest BCUT2D eigenvalue weighted by Gasteiger charge is -2.30. The van der Waals surface area contributed by atoms with Gasteiger partial charge in [-0.05, 0) is 42.0 Å². The summed E-state index contributed by atoms with van der Waals surface area (Å²) in [6.07, 6.45) is 1.74. The number of hydrogen-bond acceptors (Lipinski definition) is 4. The Morgan fingerprint density at radius 3 is 2.69 bits per heavy atom. The molecule has 1 atom stereocenters. The van der Waals surface area contributed by atoms with Crippen molar-refractivity contribution in [2.24, 2.45) is 0 Å². The number of thiophene rings is 1. The van der Waals surface area contributed by atoms with E-state index in [1.165, 1.54) is 20.5 Å². The van der Waals surface area contributed by atoms with Crippen molar-refractivity contribution in [3.05, 3.63) is 59.7 Å². The van der Waals surface area contributed by atoms with Crippen LogP contribution in [0.15, 0.2) is 48.5 Å². The maximum Gasteiger partial charge on any atom is 0.117 e. The zero-order valence-electron chi connectivity index (χ0n) is 14.8. The second kappa shape index (κ2) is 6.46. The zero-order valence-corrected chi connectivity index (χ0v) is 15.6. The SMILES string of the molecule is O[C@]1(CCCN2CCOCC2)c2ccccc2-c2sc3ccccc3c21. The van der Waals surface area contributed by atoms with Gasteiger partial charge in [0.1, 0.15) is 5.60 Å². The van der Waals surface area contributed by atoms with E-state index >= 15 is 0 Å². The van der Waals surface area contributed by atoms with E-state index in [0.717, 1.165) is 56.8 Å². The van der Waals surface area contributed by atoms with Gasteiger partial charge in [-0.2, -0.15) is 0 Å². The fourth-order valence-electron chi connectivity index (χ4n) is 4.47. The van der Waals surface area contributed by atoms with E-state index in [0.29, 0.717) is 0 Å². The molecule has 1 aliphatic carbocycles. The molecule has 134 valence electrons. The fourth-order valence-corrected chi connectivity index (χ4v) is 5.78. The van der Waals surface area contributed by atoms with Gasteiger partial charge in [0.2, 0.25) is 0 Å². The van der Waals surface area contributed by atoms with E-state index in [-0.39, 0.29) is 0 Å². The van der Waals surface area contributed by atoms with Crippen LogP contribution in [0.25, 0.3) is 20.5 Å². The van der Waals surface area contributed by atoms with Crippen LogP contribution in [0.2, 0.25) is 0 Å². The fraction of sp³-hybridized carbons (Fsp3) is 0.364. The molecule has 0 radical (unpaired) electrons. The number of aliphatic hydroxyl groups is 1. The maximum atomic E-state index is 11.9. The number of nitrogens with zero attached hydrogens (tertiary/aromatic N) is 1. The van der Waals surface area contributed by atoms with Crippen LogP contribution in [0, 0.1) is 0 Å². The standard InChI is InChI=1S/C22H23NO2S/c24-22(10-5-11-23-12-14-25-15-13-23)18-8-3-1-6-16(18)21-20(22)17-7-2-4-9-19(17)26-21/h1-4,6-9,24H,5,10-15H2/t22-/m1/s1. The molecule has 0 bridgehead atoms. The van der Waals surface area contributed by atoms with Gasteiger partial charge in [-0.1, -0.05) is 42.5 Å². The van der Waals surface area contributed by atoms with Gasteiger partial charge in [0.15, 0.2) is 0 Å². The van der Waals surface area contributed by atoms with Crippen LogP contribution >= 0.6 is 11.3 Å². The molecule has 0 saturated carbocycles. The summed E-state index contributed by atoms with van der Waals surface area (Å²) in [7, 11) is 0. The van der Waals surface area contributed by atoms with E-state index in [2.05, 4.69) is 47.4 Å². The van der Waals surface area contributed by atoms with E-state index in [4.69, 9.17) is 4.74 Å². The molecule has 3 nitrogen and oxygen atoms in total. The highest BCUT2D eigenvalue weighted by Crippen LogP contribution is 2.55. The lowest BCUT2D eigenvalue weighted by atomic mass is 9.86. The predicted octanol–water partition coefficient (Wildman–Crippen LogP) is 4.23. The second-order valence-electron chi connectivity index (χ2n) is 7.27. The van der Waals surface area contributed by atoms with Crippen molar-refractivity contribution < 1.29 is 9.84 Å². The number of fused-ring (bicyclic) bond motifs is 5. The van der Waals surface area contributed by atoms with E-state index in [1.54, 1.807) is 11.3 Å². The Labute approximate surface area is 157 Å². The first-order valence-corrected chi connectivity index (χ1v) is 10.2. The molecule has 2 aliphatic rings. The Morgan fingerprint density at radius 1 is 1.04 bits per heavy atom. The summed E-state index contributed by atoms with van der Waals surface area (Å²) in [6.45, 7) is 4.67. The first-order chi connectivity index (χ1) is 12.8. The Bertz CT molecular complexity index is 944. The van der Waals surface area contributed by atoms with Gasteiger partial charge < -0.3 is 9.84 Å². The average Bonchev–Trinajstić information content (AvgIpc) is 3.18. The summed E-state index contributed by atoms with van der Waals surface area (Å²) >= 11 is 1.81. The molecule has 5 rings (SSSR count). The highest BCUT2D eigenvalue weighted by atomic mass is 32.1. The van der Waals surface area contributed by atoms with Crippen LogP contribution < -0.4 is 0 Å². The Hall–Kier alpha value is -1.72. The molecular weight excluding hydrogens is 342 g/mol. The molecule has 1 saturated heterocycles. The first kappa shape index (κ1) is 16.5. The predicted molar refractivity (Wildman–Crippen MR) is 107 cm³/mol. The normalized spacial score (nSPS) is 22.5. The molecule has 2 aromatic carbocycles. The number of ether oxygens (including phenoxy) is 1. The number of hydrogen-bond donors (Lipinski definition) is 1. The molecule has 1 aromatic heterocycles. The van der Waals surface area contributed by atoms with Gasteiger partial charge in [0.25, 0.3) is 0 Å². The van der Waals surface area contributed by atoms with Crippen molar-refractivity contribution in [1.29, 1.82) is 0 Å². The molecule has 1 N–H and O–H groups in total. The molecule has 26 heavy (non-hydrogen) atoms. The van der Waals surface area contributed by atoms with Crippen LogP contribution in [-0.4, -0.2) is 42.9 Å². The smallest absolute Gasteiger partial charge is 0.117 e. The molecule has 0 amide bonds. The largest absolute Gasteiger partial charge is 0.380 e. The van der Waals surface area contributed by atoms with Crippen LogP contribution in [0.1, 0.15) is 24.0 Å². The monoisotopic (exact) mass is 365 g/mol. The summed E-state index contributed by atoms with van der Waals surface area (Å²) in [4.78, 5) is 3.69. The molecule has 1 fully saturated rings. The molecule has 3 aromatic rings. The van der Waals surface area contributed by atoms with Gasteiger partial charge >= 0.3 is 0 Å². The summed E-state index contributed by atoms with van der Waals surface area (Å²) in [5, 5.41) is 13.1. The third-order valence-corrected chi connectivity index (χ3v) is 6.95. The van der Waals surface area contributed by atoms with Gasteiger partial charge in [-0.25, -0.2) is 0 Å². The molecular formula is C22H23NO2S. The van der Waals surface area contributed by atoms with Gasteiger partial charge in [0, 0.05) is 28.2 Å². The van der Waals surface area contributed by atoms with Crippen LogP contribution in [0.5, 0.6) is 0 Å². The number of benzene rings is 2. The van der Waals surface area contributed by atoms with Crippen molar-refractivity contribution in [2.45, 2.75) is 18.4 Å². The summed E-state index contributed by atoms with van der Waals surface area (Å²) in [5.41, 5.74) is 2.53. The molecule has 0 unspecified atom stereocenters. The highest BCUT2D eigenvalue weighted by molar-refractivity contribution is 7.22. The van der Waals surface area contributed by atoms with Crippen molar-refractivity contribution in [3.63, 3.8) is 0 Å². The van der Waals surface area contributed by atoms with E-state index in [1.807, 2.05) is 6.07 Å². The van der Waals surface area contributed by atoms with E-state index < -0.39 is 5.60 Å². The number of rotatable bonds is 4. The zero-order chi connectivity index (χ0) is 17.6. The Balaban J connectivity index is 1.51. The topological polar surface area (TPSA) is 32.7 Å². The van der Waals surface area contributed by atoms with Gasteiger partial charge in [-0.3, -0.25) is 4.90 Å². The van der Waals surface area contributed by atoms with E-state index in [9.17, 15) is 5.11 Å². The summed E-state index contributed by atoms with van der Waals surface area (Å²) < 4.78 is 6.70. The Kier molecular flexibility index (Phi) is 4.09. The Morgan fingerprint density at radius 2 is 1.81 bits per heavy atom. The lowest BCUT2D eigenvalue weighted by Crippen LogP contribution is -2.37. The van der Waals surface area contributed by atoms with Crippen molar-refractivity contribution in [3.8, 4) is 10.4 Å². The molecule has 2 heterocycles. The van der Waals surface area contributed by atoms with Gasteiger partial charge in [-0.15, -0.1) is 11.3 Å². The number of morpholine rings is 1. The first-order valence-electron chi connectivity index (χ1n) is 9.42. The lowest BCUT2D eigenvalue weighted by molar-refractivity contribution is 0.0297. The third-order valence-electron chi connectivity index (χ3n) is 5.74. The quantitative estimate of drug-likeness (QED) is 0.751. The minimum Gasteiger partial charge on any atom is -0.380 e. The summed E-state index contributed by atoms with van der Waals surface area (Å²) in [5.74, 6) is 0. The van der Waals surface area contributed by atoms with Crippen LogP contribution in [0.3, 0.4) is 0 Å². The minimum absolute atomic E-state index is 0.759. The summed E-state index contributed by atoms with van der Waals surface area (Å²) in [6, 6.07) is 16.9. The maximum absolute atomic E-state index is 11.9. The average molecular weight is 365 g/mol. The van der Waals surface area contributed by atoms with Gasteiger partial charge in [0.05, 0.1) is 13.2 Å².